The van der Waals surface area contributed by atoms with Gasteiger partial charge in [0.15, 0.2) is 0 Å². The van der Waals surface area contributed by atoms with E-state index in [1.807, 2.05) is 32.0 Å². The van der Waals surface area contributed by atoms with Crippen molar-refractivity contribution in [3.8, 4) is 5.75 Å². The third-order valence-electron chi connectivity index (χ3n) is 3.50. The largest absolute Gasteiger partial charge is 0.491 e. The van der Waals surface area contributed by atoms with E-state index in [0.29, 0.717) is 18.7 Å². The van der Waals surface area contributed by atoms with Crippen LogP contribution >= 0.6 is 0 Å². The van der Waals surface area contributed by atoms with Gasteiger partial charge in [-0.05, 0) is 37.1 Å². The van der Waals surface area contributed by atoms with Crippen LogP contribution in [0.1, 0.15) is 16.7 Å². The van der Waals surface area contributed by atoms with Crippen LogP contribution in [-0.2, 0) is 4.79 Å². The van der Waals surface area contributed by atoms with Crippen molar-refractivity contribution in [3.63, 3.8) is 0 Å². The number of benzene rings is 2. The van der Waals surface area contributed by atoms with E-state index in [2.05, 4.69) is 5.32 Å². The molecule has 130 valence electrons. The van der Waals surface area contributed by atoms with E-state index in [1.165, 1.54) is 29.8 Å². The monoisotopic (exact) mass is 340 g/mol. The van der Waals surface area contributed by atoms with Gasteiger partial charge in [0.25, 0.3) is 5.69 Å². The van der Waals surface area contributed by atoms with Gasteiger partial charge in [-0.3, -0.25) is 14.9 Å². The van der Waals surface area contributed by atoms with Gasteiger partial charge in [-0.25, -0.2) is 0 Å². The van der Waals surface area contributed by atoms with Crippen molar-refractivity contribution in [2.45, 2.75) is 13.8 Å². The van der Waals surface area contributed by atoms with E-state index in [1.54, 1.807) is 12.1 Å². The molecule has 0 fully saturated rings. The number of nitro benzene ring substituents is 1. The van der Waals surface area contributed by atoms with Gasteiger partial charge in [0, 0.05) is 18.2 Å². The van der Waals surface area contributed by atoms with Crippen molar-refractivity contribution in [2.24, 2.45) is 0 Å². The second-order valence-electron chi connectivity index (χ2n) is 5.59. The fourth-order valence-electron chi connectivity index (χ4n) is 2.27. The molecule has 0 saturated heterocycles. The first-order valence-corrected chi connectivity index (χ1v) is 7.86. The van der Waals surface area contributed by atoms with Gasteiger partial charge in [-0.1, -0.05) is 29.8 Å². The van der Waals surface area contributed by atoms with Crippen LogP contribution in [0.25, 0.3) is 6.08 Å². The molecule has 0 atom stereocenters. The second kappa shape index (κ2) is 8.63. The average molecular weight is 340 g/mol. The Hall–Kier alpha value is -3.15. The lowest BCUT2D eigenvalue weighted by Crippen LogP contribution is -2.26. The molecule has 2 rings (SSSR count). The predicted octanol–water partition coefficient (Wildman–Crippen LogP) is 3.42. The van der Waals surface area contributed by atoms with E-state index in [0.717, 1.165) is 11.3 Å². The Kier molecular flexibility index (Phi) is 6.28. The Morgan fingerprint density at radius 2 is 2.04 bits per heavy atom. The maximum Gasteiger partial charge on any atom is 0.270 e. The fourth-order valence-corrected chi connectivity index (χ4v) is 2.27. The van der Waals surface area contributed by atoms with Crippen molar-refractivity contribution in [1.82, 2.24) is 5.32 Å². The molecule has 0 radical (unpaired) electrons. The number of nitro groups is 1. The SMILES string of the molecule is Cc1ccc(OCCNC(=O)/C=C/c2cccc([N+](=O)[O-])c2)c(C)c1. The Morgan fingerprint density at radius 1 is 1.24 bits per heavy atom. The summed E-state index contributed by atoms with van der Waals surface area (Å²) >= 11 is 0. The van der Waals surface area contributed by atoms with Crippen LogP contribution in [0.15, 0.2) is 48.5 Å². The molecular weight excluding hydrogens is 320 g/mol. The number of nitrogens with one attached hydrogen (secondary N) is 1. The molecule has 1 N–H and O–H groups in total. The predicted molar refractivity (Wildman–Crippen MR) is 96.6 cm³/mol. The van der Waals surface area contributed by atoms with Gasteiger partial charge >= 0.3 is 0 Å². The highest BCUT2D eigenvalue weighted by atomic mass is 16.6. The summed E-state index contributed by atoms with van der Waals surface area (Å²) in [5, 5.41) is 13.4. The molecule has 0 aliphatic heterocycles. The van der Waals surface area contributed by atoms with Crippen molar-refractivity contribution < 1.29 is 14.5 Å². The maximum absolute atomic E-state index is 11.8. The van der Waals surface area contributed by atoms with Crippen LogP contribution in [0.3, 0.4) is 0 Å². The number of ether oxygens (including phenoxy) is 1. The van der Waals surface area contributed by atoms with Gasteiger partial charge in [0.2, 0.25) is 5.91 Å². The number of aryl methyl sites for hydroxylation is 2. The summed E-state index contributed by atoms with van der Waals surface area (Å²) in [7, 11) is 0. The molecule has 1 amide bonds. The van der Waals surface area contributed by atoms with Crippen LogP contribution in [0.5, 0.6) is 5.75 Å². The summed E-state index contributed by atoms with van der Waals surface area (Å²) in [5.41, 5.74) is 2.81. The molecule has 0 aliphatic carbocycles. The average Bonchev–Trinajstić information content (AvgIpc) is 2.58. The topological polar surface area (TPSA) is 81.5 Å². The van der Waals surface area contributed by atoms with Crippen LogP contribution in [-0.4, -0.2) is 24.0 Å². The molecule has 0 heterocycles. The van der Waals surface area contributed by atoms with Crippen molar-refractivity contribution in [2.75, 3.05) is 13.2 Å². The van der Waals surface area contributed by atoms with Gasteiger partial charge in [0.05, 0.1) is 11.5 Å². The van der Waals surface area contributed by atoms with Gasteiger partial charge < -0.3 is 10.1 Å². The Morgan fingerprint density at radius 3 is 2.76 bits per heavy atom. The minimum Gasteiger partial charge on any atom is -0.491 e. The van der Waals surface area contributed by atoms with E-state index in [-0.39, 0.29) is 11.6 Å². The van der Waals surface area contributed by atoms with Crippen LogP contribution in [0.4, 0.5) is 5.69 Å². The zero-order valence-electron chi connectivity index (χ0n) is 14.2. The maximum atomic E-state index is 11.8. The molecule has 0 saturated carbocycles. The minimum atomic E-state index is -0.470. The second-order valence-corrected chi connectivity index (χ2v) is 5.59. The first-order valence-electron chi connectivity index (χ1n) is 7.86. The quantitative estimate of drug-likeness (QED) is 0.362. The van der Waals surface area contributed by atoms with Gasteiger partial charge in [-0.15, -0.1) is 0 Å². The summed E-state index contributed by atoms with van der Waals surface area (Å²) in [6.07, 6.45) is 2.88. The highest BCUT2D eigenvalue weighted by Gasteiger charge is 2.04. The van der Waals surface area contributed by atoms with E-state index < -0.39 is 4.92 Å². The molecular formula is C19H20N2O4. The molecule has 6 nitrogen and oxygen atoms in total. The van der Waals surface area contributed by atoms with Crippen LogP contribution < -0.4 is 10.1 Å². The van der Waals surface area contributed by atoms with Gasteiger partial charge in [-0.2, -0.15) is 0 Å². The normalized spacial score (nSPS) is 10.6. The highest BCUT2D eigenvalue weighted by Crippen LogP contribution is 2.18. The molecule has 6 heteroatoms. The first kappa shape index (κ1) is 18.2. The number of carbonyl (C=O) groups excluding carboxylic acids is 1. The summed E-state index contributed by atoms with van der Waals surface area (Å²) in [6.45, 7) is 4.72. The molecule has 2 aromatic rings. The number of hydrogen-bond donors (Lipinski definition) is 1. The molecule has 0 unspecified atom stereocenters. The van der Waals surface area contributed by atoms with E-state index >= 15 is 0 Å². The fraction of sp³-hybridized carbons (Fsp3) is 0.211. The molecule has 0 spiro atoms. The lowest BCUT2D eigenvalue weighted by molar-refractivity contribution is -0.384. The summed E-state index contributed by atoms with van der Waals surface area (Å²) in [5.74, 6) is 0.516. The standard InChI is InChI=1S/C19H20N2O4/c1-14-6-8-18(15(2)12-14)25-11-10-20-19(22)9-7-16-4-3-5-17(13-16)21(23)24/h3-9,12-13H,10-11H2,1-2H3,(H,20,22)/b9-7+. The lowest BCUT2D eigenvalue weighted by atomic mass is 10.1. The smallest absolute Gasteiger partial charge is 0.270 e. The number of hydrogen-bond acceptors (Lipinski definition) is 4. The zero-order chi connectivity index (χ0) is 18.2. The number of amides is 1. The number of nitrogens with zero attached hydrogens (tertiary/aromatic N) is 1. The van der Waals surface area contributed by atoms with E-state index in [4.69, 9.17) is 4.74 Å². The molecule has 25 heavy (non-hydrogen) atoms. The summed E-state index contributed by atoms with van der Waals surface area (Å²) in [6, 6.07) is 12.0. The number of non-ortho nitro benzene ring substituents is 1. The molecule has 0 bridgehead atoms. The van der Waals surface area contributed by atoms with E-state index in [9.17, 15) is 14.9 Å². The molecule has 0 aliphatic rings. The van der Waals surface area contributed by atoms with Crippen molar-refractivity contribution in [3.05, 3.63) is 75.3 Å². The van der Waals surface area contributed by atoms with Crippen molar-refractivity contribution >= 4 is 17.7 Å². The minimum absolute atomic E-state index is 0.00979. The van der Waals surface area contributed by atoms with Gasteiger partial charge in [0.1, 0.15) is 12.4 Å². The first-order chi connectivity index (χ1) is 12.0. The zero-order valence-corrected chi connectivity index (χ0v) is 14.2. The number of carbonyl (C=O) groups is 1. The third-order valence-corrected chi connectivity index (χ3v) is 3.50. The van der Waals surface area contributed by atoms with Crippen LogP contribution in [0.2, 0.25) is 0 Å². The highest BCUT2D eigenvalue weighted by molar-refractivity contribution is 5.91. The summed E-state index contributed by atoms with van der Waals surface area (Å²) in [4.78, 5) is 22.0. The Bertz CT molecular complexity index is 800. The Balaban J connectivity index is 1.78. The molecule has 2 aromatic carbocycles. The van der Waals surface area contributed by atoms with Crippen molar-refractivity contribution in [1.29, 1.82) is 0 Å². The Labute approximate surface area is 146 Å². The third kappa shape index (κ3) is 5.76. The molecule has 0 aromatic heterocycles. The lowest BCUT2D eigenvalue weighted by Gasteiger charge is -2.09. The number of rotatable bonds is 7. The van der Waals surface area contributed by atoms with Crippen LogP contribution in [0, 0.1) is 24.0 Å². The summed E-state index contributed by atoms with van der Waals surface area (Å²) < 4.78 is 5.63.